The van der Waals surface area contributed by atoms with Gasteiger partial charge in [0, 0.05) is 11.6 Å². The molecule has 0 spiro atoms. The molecule has 0 bridgehead atoms. The van der Waals surface area contributed by atoms with Gasteiger partial charge < -0.3 is 11.1 Å². The van der Waals surface area contributed by atoms with E-state index in [-0.39, 0.29) is 12.5 Å². The fraction of sp³-hybridized carbons (Fsp3) is 0.286. The van der Waals surface area contributed by atoms with E-state index in [1.807, 2.05) is 32.0 Å². The van der Waals surface area contributed by atoms with Crippen LogP contribution in [0.2, 0.25) is 5.02 Å². The zero-order chi connectivity index (χ0) is 14.7. The number of hydrogen-bond acceptors (Lipinski definition) is 3. The van der Waals surface area contributed by atoms with Crippen molar-refractivity contribution < 1.29 is 4.79 Å². The van der Waals surface area contributed by atoms with E-state index in [0.717, 1.165) is 17.0 Å². The van der Waals surface area contributed by atoms with E-state index in [2.05, 4.69) is 10.4 Å². The summed E-state index contributed by atoms with van der Waals surface area (Å²) in [7, 11) is 0. The molecule has 0 unspecified atom stereocenters. The lowest BCUT2D eigenvalue weighted by atomic mass is 10.2. The van der Waals surface area contributed by atoms with Crippen molar-refractivity contribution in [1.29, 1.82) is 0 Å². The minimum absolute atomic E-state index is 0.129. The zero-order valence-corrected chi connectivity index (χ0v) is 12.2. The Bertz CT molecular complexity index is 636. The first-order valence-corrected chi connectivity index (χ1v) is 6.66. The molecule has 1 aromatic carbocycles. The highest BCUT2D eigenvalue weighted by Crippen LogP contribution is 2.15. The molecule has 3 N–H and O–H groups in total. The van der Waals surface area contributed by atoms with Gasteiger partial charge in [-0.15, -0.1) is 0 Å². The first-order chi connectivity index (χ1) is 9.49. The van der Waals surface area contributed by atoms with Crippen LogP contribution in [0.5, 0.6) is 0 Å². The molecular formula is C14H17ClN4O. The number of benzene rings is 1. The molecule has 20 heavy (non-hydrogen) atoms. The SMILES string of the molecule is Cc1nn(CC(=O)NCc2ccccc2Cl)c(C)c1N. The first-order valence-electron chi connectivity index (χ1n) is 6.28. The van der Waals surface area contributed by atoms with Gasteiger partial charge in [-0.2, -0.15) is 5.10 Å². The smallest absolute Gasteiger partial charge is 0.242 e. The summed E-state index contributed by atoms with van der Waals surface area (Å²) in [4.78, 5) is 11.9. The number of carbonyl (C=O) groups is 1. The maximum absolute atomic E-state index is 11.9. The minimum atomic E-state index is -0.129. The van der Waals surface area contributed by atoms with E-state index in [0.29, 0.717) is 17.3 Å². The zero-order valence-electron chi connectivity index (χ0n) is 11.5. The van der Waals surface area contributed by atoms with Crippen molar-refractivity contribution in [2.75, 3.05) is 5.73 Å². The van der Waals surface area contributed by atoms with E-state index in [1.54, 1.807) is 10.7 Å². The summed E-state index contributed by atoms with van der Waals surface area (Å²) in [6.45, 7) is 4.21. The quantitative estimate of drug-likeness (QED) is 0.906. The summed E-state index contributed by atoms with van der Waals surface area (Å²) >= 11 is 6.03. The van der Waals surface area contributed by atoms with Gasteiger partial charge in [-0.05, 0) is 25.5 Å². The Morgan fingerprint density at radius 1 is 1.40 bits per heavy atom. The van der Waals surface area contributed by atoms with E-state index >= 15 is 0 Å². The molecule has 0 fully saturated rings. The van der Waals surface area contributed by atoms with Crippen LogP contribution in [0.15, 0.2) is 24.3 Å². The van der Waals surface area contributed by atoms with Crippen LogP contribution in [0.3, 0.4) is 0 Å². The summed E-state index contributed by atoms with van der Waals surface area (Å²) < 4.78 is 1.60. The number of nitrogens with one attached hydrogen (secondary N) is 1. The predicted octanol–water partition coefficient (Wildman–Crippen LogP) is 2.05. The molecular weight excluding hydrogens is 276 g/mol. The van der Waals surface area contributed by atoms with Crippen LogP contribution in [0.1, 0.15) is 17.0 Å². The Morgan fingerprint density at radius 3 is 2.70 bits per heavy atom. The Morgan fingerprint density at radius 2 is 2.10 bits per heavy atom. The third-order valence-electron chi connectivity index (χ3n) is 3.16. The third kappa shape index (κ3) is 3.11. The number of rotatable bonds is 4. The summed E-state index contributed by atoms with van der Waals surface area (Å²) in [5.74, 6) is -0.129. The number of carbonyl (C=O) groups excluding carboxylic acids is 1. The average Bonchev–Trinajstić information content (AvgIpc) is 2.65. The first kappa shape index (κ1) is 14.4. The van der Waals surface area contributed by atoms with Crippen molar-refractivity contribution in [2.24, 2.45) is 0 Å². The lowest BCUT2D eigenvalue weighted by Gasteiger charge is -2.08. The molecule has 1 heterocycles. The van der Waals surface area contributed by atoms with Crippen LogP contribution < -0.4 is 11.1 Å². The highest BCUT2D eigenvalue weighted by atomic mass is 35.5. The van der Waals surface area contributed by atoms with Crippen LogP contribution in [0.4, 0.5) is 5.69 Å². The lowest BCUT2D eigenvalue weighted by Crippen LogP contribution is -2.28. The van der Waals surface area contributed by atoms with Gasteiger partial charge >= 0.3 is 0 Å². The van der Waals surface area contributed by atoms with E-state index in [4.69, 9.17) is 17.3 Å². The maximum Gasteiger partial charge on any atom is 0.242 e. The molecule has 1 amide bonds. The van der Waals surface area contributed by atoms with Crippen LogP contribution in [0.25, 0.3) is 0 Å². The van der Waals surface area contributed by atoms with Crippen molar-refractivity contribution in [2.45, 2.75) is 26.9 Å². The lowest BCUT2D eigenvalue weighted by molar-refractivity contribution is -0.122. The third-order valence-corrected chi connectivity index (χ3v) is 3.53. The summed E-state index contributed by atoms with van der Waals surface area (Å²) in [5, 5.41) is 7.69. The van der Waals surface area contributed by atoms with Crippen LogP contribution in [-0.2, 0) is 17.9 Å². The van der Waals surface area contributed by atoms with Crippen molar-refractivity contribution in [3.63, 3.8) is 0 Å². The van der Waals surface area contributed by atoms with Gasteiger partial charge in [0.1, 0.15) is 6.54 Å². The standard InChI is InChI=1S/C14H17ClN4O/c1-9-14(16)10(2)19(18-9)8-13(20)17-7-11-5-3-4-6-12(11)15/h3-6H,7-8,16H2,1-2H3,(H,17,20). The Hall–Kier alpha value is -2.01. The number of nitrogens with two attached hydrogens (primary N) is 1. The maximum atomic E-state index is 11.9. The van der Waals surface area contributed by atoms with Crippen molar-refractivity contribution >= 4 is 23.2 Å². The molecule has 0 aliphatic heterocycles. The molecule has 0 saturated carbocycles. The fourth-order valence-corrected chi connectivity index (χ4v) is 2.09. The molecule has 0 radical (unpaired) electrons. The Labute approximate surface area is 122 Å². The molecule has 5 nitrogen and oxygen atoms in total. The topological polar surface area (TPSA) is 72.9 Å². The number of nitrogens with zero attached hydrogens (tertiary/aromatic N) is 2. The number of nitrogen functional groups attached to an aromatic ring is 1. The van der Waals surface area contributed by atoms with Gasteiger partial charge in [-0.3, -0.25) is 9.48 Å². The van der Waals surface area contributed by atoms with Crippen molar-refractivity contribution in [3.05, 3.63) is 46.2 Å². The molecule has 2 aromatic rings. The minimum Gasteiger partial charge on any atom is -0.396 e. The second kappa shape index (κ2) is 5.96. The van der Waals surface area contributed by atoms with Gasteiger partial charge in [0.25, 0.3) is 0 Å². The van der Waals surface area contributed by atoms with Crippen LogP contribution >= 0.6 is 11.6 Å². The highest BCUT2D eigenvalue weighted by Gasteiger charge is 2.11. The van der Waals surface area contributed by atoms with E-state index in [9.17, 15) is 4.79 Å². The van der Waals surface area contributed by atoms with Crippen molar-refractivity contribution in [1.82, 2.24) is 15.1 Å². The van der Waals surface area contributed by atoms with Gasteiger partial charge in [-0.25, -0.2) is 0 Å². The Kier molecular flexibility index (Phi) is 4.29. The van der Waals surface area contributed by atoms with Gasteiger partial charge in [0.05, 0.1) is 17.1 Å². The summed E-state index contributed by atoms with van der Waals surface area (Å²) in [6.07, 6.45) is 0. The molecule has 0 aliphatic carbocycles. The van der Waals surface area contributed by atoms with E-state index in [1.165, 1.54) is 0 Å². The van der Waals surface area contributed by atoms with Crippen LogP contribution in [0, 0.1) is 13.8 Å². The second-order valence-electron chi connectivity index (χ2n) is 4.61. The molecule has 0 saturated heterocycles. The number of amides is 1. The number of halogens is 1. The second-order valence-corrected chi connectivity index (χ2v) is 5.02. The number of aryl methyl sites for hydroxylation is 1. The number of hydrogen-bond donors (Lipinski definition) is 2. The normalized spacial score (nSPS) is 10.6. The molecule has 2 rings (SSSR count). The van der Waals surface area contributed by atoms with Gasteiger partial charge in [-0.1, -0.05) is 29.8 Å². The monoisotopic (exact) mass is 292 g/mol. The highest BCUT2D eigenvalue weighted by molar-refractivity contribution is 6.31. The largest absolute Gasteiger partial charge is 0.396 e. The fourth-order valence-electron chi connectivity index (χ4n) is 1.89. The summed E-state index contributed by atoms with van der Waals surface area (Å²) in [6, 6.07) is 7.41. The van der Waals surface area contributed by atoms with Gasteiger partial charge in [0.15, 0.2) is 0 Å². The van der Waals surface area contributed by atoms with Crippen molar-refractivity contribution in [3.8, 4) is 0 Å². The van der Waals surface area contributed by atoms with Gasteiger partial charge in [0.2, 0.25) is 5.91 Å². The predicted molar refractivity (Wildman–Crippen MR) is 79.4 cm³/mol. The molecule has 1 aromatic heterocycles. The van der Waals surface area contributed by atoms with Crippen LogP contribution in [-0.4, -0.2) is 15.7 Å². The van der Waals surface area contributed by atoms with E-state index < -0.39 is 0 Å². The summed E-state index contributed by atoms with van der Waals surface area (Å²) in [5.41, 5.74) is 8.88. The molecule has 106 valence electrons. The molecule has 0 atom stereocenters. The molecule has 0 aliphatic rings. The average molecular weight is 293 g/mol. The Balaban J connectivity index is 1.96. The molecule has 6 heteroatoms. The number of aromatic nitrogens is 2. The number of anilines is 1.